The van der Waals surface area contributed by atoms with Crippen LogP contribution in [0.4, 0.5) is 0 Å². The number of rotatable bonds is 12. The molecule has 2 aromatic rings. The van der Waals surface area contributed by atoms with Gasteiger partial charge in [0.1, 0.15) is 24.1 Å². The molecule has 5 rings (SSSR count). The van der Waals surface area contributed by atoms with Gasteiger partial charge in [-0.1, -0.05) is 49.2 Å². The lowest BCUT2D eigenvalue weighted by Crippen LogP contribution is -2.59. The maximum atomic E-state index is 12.6. The van der Waals surface area contributed by atoms with Gasteiger partial charge >= 0.3 is 13.1 Å². The van der Waals surface area contributed by atoms with E-state index in [1.54, 1.807) is 0 Å². The highest BCUT2D eigenvalue weighted by Crippen LogP contribution is 2.42. The van der Waals surface area contributed by atoms with Crippen LogP contribution in [-0.2, 0) is 20.8 Å². The highest BCUT2D eigenvalue weighted by molar-refractivity contribution is 6.40. The highest BCUT2D eigenvalue weighted by Gasteiger charge is 2.54. The van der Waals surface area contributed by atoms with Crippen molar-refractivity contribution in [1.29, 1.82) is 0 Å². The lowest BCUT2D eigenvalue weighted by molar-refractivity contribution is -0.146. The van der Waals surface area contributed by atoms with Gasteiger partial charge in [-0.3, -0.25) is 5.32 Å². The van der Waals surface area contributed by atoms with Crippen molar-refractivity contribution in [3.63, 3.8) is 0 Å². The van der Waals surface area contributed by atoms with Crippen molar-refractivity contribution in [2.75, 3.05) is 19.9 Å². The molecule has 198 valence electrons. The molecule has 2 atom stereocenters. The van der Waals surface area contributed by atoms with Crippen molar-refractivity contribution in [3.05, 3.63) is 54.1 Å². The average Bonchev–Trinajstić information content (AvgIpc) is 3.52. The van der Waals surface area contributed by atoms with Gasteiger partial charge < -0.3 is 29.6 Å². The van der Waals surface area contributed by atoms with E-state index in [1.807, 2.05) is 12.1 Å². The van der Waals surface area contributed by atoms with Crippen LogP contribution < -0.4 is 15.4 Å². The number of carbonyl (C=O) groups is 1. The summed E-state index contributed by atoms with van der Waals surface area (Å²) < 4.78 is 16.6. The maximum Gasteiger partial charge on any atom is 0.451 e. The third kappa shape index (κ3) is 6.36. The molecule has 0 amide bonds. The van der Waals surface area contributed by atoms with Crippen LogP contribution in [0.2, 0.25) is 6.32 Å². The predicted molar refractivity (Wildman–Crippen MR) is 141 cm³/mol. The van der Waals surface area contributed by atoms with Crippen molar-refractivity contribution in [3.8, 4) is 16.9 Å². The Morgan fingerprint density at radius 2 is 1.78 bits per heavy atom. The zero-order valence-corrected chi connectivity index (χ0v) is 21.2. The van der Waals surface area contributed by atoms with Crippen LogP contribution in [-0.4, -0.2) is 60.8 Å². The molecule has 2 saturated heterocycles. The number of ether oxygens (including phenoxy) is 3. The number of hydrogen-bond donors (Lipinski definition) is 4. The molecule has 9 heteroatoms. The number of nitrogens with one attached hydrogen (secondary N) is 2. The maximum absolute atomic E-state index is 12.6. The molecule has 2 aliphatic heterocycles. The zero-order valence-electron chi connectivity index (χ0n) is 21.2. The molecule has 2 aromatic carbocycles. The minimum Gasteiger partial charge on any atom is -0.488 e. The topological polar surface area (TPSA) is 109 Å². The zero-order chi connectivity index (χ0) is 25.7. The fourth-order valence-corrected chi connectivity index (χ4v) is 5.66. The van der Waals surface area contributed by atoms with E-state index < -0.39 is 12.7 Å². The van der Waals surface area contributed by atoms with E-state index >= 15 is 0 Å². The van der Waals surface area contributed by atoms with Gasteiger partial charge in [-0.25, -0.2) is 4.79 Å². The monoisotopic (exact) mass is 508 g/mol. The first-order chi connectivity index (χ1) is 18.0. The average molecular weight is 508 g/mol. The van der Waals surface area contributed by atoms with Crippen LogP contribution in [0, 0.1) is 5.92 Å². The number of carbonyl (C=O) groups excluding carboxylic acids is 1. The van der Waals surface area contributed by atoms with Crippen LogP contribution in [0.1, 0.15) is 44.1 Å². The number of unbranched alkanes of at least 4 members (excludes halogenated alkanes) is 1. The summed E-state index contributed by atoms with van der Waals surface area (Å²) in [4.78, 5) is 12.6. The van der Waals surface area contributed by atoms with Gasteiger partial charge in [0.25, 0.3) is 0 Å². The molecule has 1 saturated carbocycles. The molecule has 3 aliphatic rings. The second kappa shape index (κ2) is 12.0. The van der Waals surface area contributed by atoms with Gasteiger partial charge in [0.15, 0.2) is 0 Å². The molecule has 4 N–H and O–H groups in total. The molecule has 2 heterocycles. The Balaban J connectivity index is 1.08. The summed E-state index contributed by atoms with van der Waals surface area (Å²) in [6.45, 7) is 2.48. The first-order valence-electron chi connectivity index (χ1n) is 13.5. The Morgan fingerprint density at radius 1 is 1.05 bits per heavy atom. The van der Waals surface area contributed by atoms with Gasteiger partial charge in [-0.05, 0) is 60.3 Å². The smallest absolute Gasteiger partial charge is 0.451 e. The molecule has 3 fully saturated rings. The summed E-state index contributed by atoms with van der Waals surface area (Å²) in [7, 11) is -1.29. The second-order valence-corrected chi connectivity index (χ2v) is 10.5. The molecular formula is C28H37BN2O6. The first-order valence-corrected chi connectivity index (χ1v) is 13.5. The normalized spacial score (nSPS) is 27.1. The lowest BCUT2D eigenvalue weighted by atomic mass is 9.66. The molecule has 2 unspecified atom stereocenters. The quantitative estimate of drug-likeness (QED) is 0.197. The van der Waals surface area contributed by atoms with Crippen molar-refractivity contribution in [1.82, 2.24) is 10.6 Å². The van der Waals surface area contributed by atoms with Crippen LogP contribution >= 0.6 is 0 Å². The minimum absolute atomic E-state index is 0.157. The van der Waals surface area contributed by atoms with Crippen molar-refractivity contribution in [2.24, 2.45) is 5.92 Å². The lowest BCUT2D eigenvalue weighted by Gasteiger charge is -2.45. The van der Waals surface area contributed by atoms with Crippen LogP contribution in [0.25, 0.3) is 11.1 Å². The van der Waals surface area contributed by atoms with Gasteiger partial charge in [-0.15, -0.1) is 0 Å². The SMILES string of the molecule is O=C1OCNC1(CCCCB(O)O)C1CC(NCc2ccc(-c3ccc(OC4CCOC4)cc3)cc2)C1. The molecule has 0 radical (unpaired) electrons. The molecular weight excluding hydrogens is 471 g/mol. The standard InChI is InChI=1S/C28H37BN2O6/c32-27-28(31-19-36-27,12-1-2-13-29(33)34)23-15-24(16-23)30-17-20-3-5-21(6-4-20)22-7-9-25(10-8-22)37-26-11-14-35-18-26/h3-10,23-24,26,30-31,33-34H,1-2,11-19H2. The molecule has 37 heavy (non-hydrogen) atoms. The summed E-state index contributed by atoms with van der Waals surface area (Å²) in [5, 5.41) is 25.1. The molecule has 8 nitrogen and oxygen atoms in total. The van der Waals surface area contributed by atoms with E-state index in [0.29, 0.717) is 31.8 Å². The van der Waals surface area contributed by atoms with E-state index in [1.165, 1.54) is 11.1 Å². The van der Waals surface area contributed by atoms with Gasteiger partial charge in [0, 0.05) is 19.0 Å². The second-order valence-electron chi connectivity index (χ2n) is 10.5. The highest BCUT2D eigenvalue weighted by atomic mass is 16.6. The Hall–Kier alpha value is -2.43. The summed E-state index contributed by atoms with van der Waals surface area (Å²) in [5.41, 5.74) is 2.92. The van der Waals surface area contributed by atoms with E-state index in [9.17, 15) is 4.79 Å². The Kier molecular flexibility index (Phi) is 8.47. The summed E-state index contributed by atoms with van der Waals surface area (Å²) in [6, 6.07) is 17.2. The van der Waals surface area contributed by atoms with Gasteiger partial charge in [0.2, 0.25) is 0 Å². The Labute approximate surface area is 218 Å². The van der Waals surface area contributed by atoms with E-state index in [2.05, 4.69) is 47.0 Å². The van der Waals surface area contributed by atoms with Crippen LogP contribution in [0.15, 0.2) is 48.5 Å². The first kappa shape index (κ1) is 26.2. The summed E-state index contributed by atoms with van der Waals surface area (Å²) in [5.74, 6) is 0.948. The number of esters is 1. The molecule has 0 spiro atoms. The van der Waals surface area contributed by atoms with Gasteiger partial charge in [-0.2, -0.15) is 0 Å². The summed E-state index contributed by atoms with van der Waals surface area (Å²) >= 11 is 0. The summed E-state index contributed by atoms with van der Waals surface area (Å²) in [6.07, 6.45) is 5.37. The third-order valence-corrected chi connectivity index (χ3v) is 8.00. The van der Waals surface area contributed by atoms with Crippen molar-refractivity contribution in [2.45, 2.75) is 69.1 Å². The molecule has 1 aliphatic carbocycles. The van der Waals surface area contributed by atoms with Crippen LogP contribution in [0.3, 0.4) is 0 Å². The van der Waals surface area contributed by atoms with E-state index in [-0.39, 0.29) is 24.7 Å². The third-order valence-electron chi connectivity index (χ3n) is 8.00. The van der Waals surface area contributed by atoms with Gasteiger partial charge in [0.05, 0.1) is 13.2 Å². The number of cyclic esters (lactones) is 1. The molecule has 0 aromatic heterocycles. The number of hydrogen-bond acceptors (Lipinski definition) is 8. The number of benzene rings is 2. The fraction of sp³-hybridized carbons (Fsp3) is 0.536. The van der Waals surface area contributed by atoms with Crippen molar-refractivity contribution < 1.29 is 29.1 Å². The Morgan fingerprint density at radius 3 is 2.41 bits per heavy atom. The Bertz CT molecular complexity index is 1020. The fourth-order valence-electron chi connectivity index (χ4n) is 5.66. The van der Waals surface area contributed by atoms with E-state index in [0.717, 1.165) is 50.1 Å². The predicted octanol–water partition coefficient (Wildman–Crippen LogP) is 2.88. The van der Waals surface area contributed by atoms with Crippen LogP contribution in [0.5, 0.6) is 5.75 Å². The van der Waals surface area contributed by atoms with Crippen molar-refractivity contribution >= 4 is 13.1 Å². The molecule has 0 bridgehead atoms. The largest absolute Gasteiger partial charge is 0.488 e. The van der Waals surface area contributed by atoms with E-state index in [4.69, 9.17) is 24.3 Å². The minimum atomic E-state index is -1.29.